The summed E-state index contributed by atoms with van der Waals surface area (Å²) >= 11 is 3.25. The van der Waals surface area contributed by atoms with Crippen molar-refractivity contribution in [3.63, 3.8) is 0 Å². The number of sulfonamides is 1. The number of nitrogens with one attached hydrogen (secondary N) is 1. The van der Waals surface area contributed by atoms with E-state index in [9.17, 15) is 8.42 Å². The average molecular weight is 395 g/mol. The van der Waals surface area contributed by atoms with Crippen molar-refractivity contribution in [3.05, 3.63) is 28.2 Å². The Morgan fingerprint density at radius 3 is 2.48 bits per heavy atom. The maximum absolute atomic E-state index is 12.6. The standard InChI is InChI=1S/C13H16BrN3O2S.ClH/c1-16-12-2-4-17(5-3-12)20(18,19)13-7-10(9-15)6-11(14)8-13;/h6-8,12,16H,2-5H2,1H3;1H. The molecule has 1 aliphatic heterocycles. The second kappa shape index (κ2) is 7.56. The van der Waals surface area contributed by atoms with E-state index in [0.717, 1.165) is 12.8 Å². The molecule has 0 bridgehead atoms. The van der Waals surface area contributed by atoms with Crippen LogP contribution in [0.15, 0.2) is 27.6 Å². The highest BCUT2D eigenvalue weighted by molar-refractivity contribution is 9.10. The van der Waals surface area contributed by atoms with Gasteiger partial charge in [0.25, 0.3) is 0 Å². The number of nitriles is 1. The molecule has 8 heteroatoms. The zero-order valence-electron chi connectivity index (χ0n) is 11.5. The van der Waals surface area contributed by atoms with Gasteiger partial charge in [0.05, 0.1) is 16.5 Å². The van der Waals surface area contributed by atoms with E-state index in [4.69, 9.17) is 5.26 Å². The number of hydrogen-bond acceptors (Lipinski definition) is 4. The first-order chi connectivity index (χ1) is 9.47. The predicted molar refractivity (Wildman–Crippen MR) is 86.9 cm³/mol. The maximum atomic E-state index is 12.6. The first-order valence-electron chi connectivity index (χ1n) is 6.35. The topological polar surface area (TPSA) is 73.2 Å². The van der Waals surface area contributed by atoms with Crippen LogP contribution in [0.5, 0.6) is 0 Å². The second-order valence-corrected chi connectivity index (χ2v) is 7.61. The van der Waals surface area contributed by atoms with Crippen molar-refractivity contribution in [2.24, 2.45) is 0 Å². The molecule has 1 saturated heterocycles. The average Bonchev–Trinajstić information content (AvgIpc) is 2.46. The van der Waals surface area contributed by atoms with Crippen LogP contribution in [0.4, 0.5) is 0 Å². The summed E-state index contributed by atoms with van der Waals surface area (Å²) < 4.78 is 27.2. The van der Waals surface area contributed by atoms with Crippen LogP contribution in [0.25, 0.3) is 0 Å². The zero-order chi connectivity index (χ0) is 14.8. The van der Waals surface area contributed by atoms with E-state index in [0.29, 0.717) is 29.2 Å². The molecule has 0 radical (unpaired) electrons. The molecule has 1 aromatic rings. The third-order valence-electron chi connectivity index (χ3n) is 3.50. The minimum atomic E-state index is -3.52. The molecule has 5 nitrogen and oxygen atoms in total. The van der Waals surface area contributed by atoms with Crippen LogP contribution < -0.4 is 5.32 Å². The fourth-order valence-electron chi connectivity index (χ4n) is 2.31. The molecule has 1 heterocycles. The van der Waals surface area contributed by atoms with E-state index in [1.54, 1.807) is 12.1 Å². The summed E-state index contributed by atoms with van der Waals surface area (Å²) in [4.78, 5) is 0.173. The van der Waals surface area contributed by atoms with E-state index in [-0.39, 0.29) is 17.3 Å². The Balaban J connectivity index is 0.00000220. The van der Waals surface area contributed by atoms with Crippen LogP contribution in [0.3, 0.4) is 0 Å². The Bertz CT molecular complexity index is 637. The van der Waals surface area contributed by atoms with Crippen LogP contribution >= 0.6 is 28.3 Å². The van der Waals surface area contributed by atoms with E-state index >= 15 is 0 Å². The second-order valence-electron chi connectivity index (χ2n) is 4.75. The van der Waals surface area contributed by atoms with Crippen LogP contribution in [0, 0.1) is 11.3 Å². The Morgan fingerprint density at radius 1 is 1.33 bits per heavy atom. The van der Waals surface area contributed by atoms with E-state index in [1.165, 1.54) is 10.4 Å². The highest BCUT2D eigenvalue weighted by Gasteiger charge is 2.29. The summed E-state index contributed by atoms with van der Waals surface area (Å²) in [6.45, 7) is 1.00. The highest BCUT2D eigenvalue weighted by atomic mass is 79.9. The number of halogens is 2. The lowest BCUT2D eigenvalue weighted by Gasteiger charge is -2.31. The largest absolute Gasteiger partial charge is 0.317 e. The minimum absolute atomic E-state index is 0. The summed E-state index contributed by atoms with van der Waals surface area (Å²) in [5.74, 6) is 0. The molecule has 1 fully saturated rings. The monoisotopic (exact) mass is 393 g/mol. The Morgan fingerprint density at radius 2 is 1.95 bits per heavy atom. The molecule has 21 heavy (non-hydrogen) atoms. The van der Waals surface area contributed by atoms with Gasteiger partial charge in [0.2, 0.25) is 10.0 Å². The maximum Gasteiger partial charge on any atom is 0.243 e. The molecule has 0 aromatic heterocycles. The number of piperidine rings is 1. The quantitative estimate of drug-likeness (QED) is 0.852. The number of hydrogen-bond donors (Lipinski definition) is 1. The van der Waals surface area contributed by atoms with Gasteiger partial charge in [-0.05, 0) is 38.1 Å². The van der Waals surface area contributed by atoms with Crippen molar-refractivity contribution in [2.75, 3.05) is 20.1 Å². The zero-order valence-corrected chi connectivity index (χ0v) is 14.8. The molecule has 1 aromatic carbocycles. The molecule has 0 unspecified atom stereocenters. The molecule has 0 spiro atoms. The summed E-state index contributed by atoms with van der Waals surface area (Å²) in [5, 5.41) is 12.1. The lowest BCUT2D eigenvalue weighted by atomic mass is 10.1. The summed E-state index contributed by atoms with van der Waals surface area (Å²) in [6.07, 6.45) is 1.60. The van der Waals surface area contributed by atoms with Gasteiger partial charge in [0.15, 0.2) is 0 Å². The van der Waals surface area contributed by atoms with Gasteiger partial charge in [-0.15, -0.1) is 12.4 Å². The summed E-state index contributed by atoms with van der Waals surface area (Å²) in [7, 11) is -1.63. The molecule has 0 saturated carbocycles. The van der Waals surface area contributed by atoms with Crippen molar-refractivity contribution >= 4 is 38.4 Å². The molecule has 0 amide bonds. The van der Waals surface area contributed by atoms with Gasteiger partial charge in [-0.3, -0.25) is 0 Å². The van der Waals surface area contributed by atoms with Crippen LogP contribution in [-0.2, 0) is 10.0 Å². The van der Waals surface area contributed by atoms with Gasteiger partial charge in [-0.1, -0.05) is 15.9 Å². The number of rotatable bonds is 3. The smallest absolute Gasteiger partial charge is 0.243 e. The fourth-order valence-corrected chi connectivity index (χ4v) is 4.50. The third-order valence-corrected chi connectivity index (χ3v) is 5.83. The third kappa shape index (κ3) is 4.18. The molecular formula is C13H17BrClN3O2S. The lowest BCUT2D eigenvalue weighted by Crippen LogP contribution is -2.43. The summed E-state index contributed by atoms with van der Waals surface area (Å²) in [6, 6.07) is 6.92. The fraction of sp³-hybridized carbons (Fsp3) is 0.462. The molecule has 0 atom stereocenters. The molecular weight excluding hydrogens is 378 g/mol. The lowest BCUT2D eigenvalue weighted by molar-refractivity contribution is 0.298. The molecule has 1 N–H and O–H groups in total. The minimum Gasteiger partial charge on any atom is -0.317 e. The van der Waals surface area contributed by atoms with Gasteiger partial charge in [0.1, 0.15) is 0 Å². The van der Waals surface area contributed by atoms with E-state index < -0.39 is 10.0 Å². The molecule has 116 valence electrons. The van der Waals surface area contributed by atoms with Gasteiger partial charge in [0, 0.05) is 23.6 Å². The molecule has 0 aliphatic carbocycles. The van der Waals surface area contributed by atoms with Crippen molar-refractivity contribution in [3.8, 4) is 6.07 Å². The Labute approximate surface area is 139 Å². The molecule has 2 rings (SSSR count). The first-order valence-corrected chi connectivity index (χ1v) is 8.59. The van der Waals surface area contributed by atoms with Crippen LogP contribution in [0.2, 0.25) is 0 Å². The van der Waals surface area contributed by atoms with Crippen molar-refractivity contribution in [1.82, 2.24) is 9.62 Å². The van der Waals surface area contributed by atoms with Gasteiger partial charge >= 0.3 is 0 Å². The highest BCUT2D eigenvalue weighted by Crippen LogP contribution is 2.24. The number of benzene rings is 1. The van der Waals surface area contributed by atoms with E-state index in [1.807, 2.05) is 13.1 Å². The van der Waals surface area contributed by atoms with Gasteiger partial charge < -0.3 is 5.32 Å². The normalized spacial score (nSPS) is 17.0. The SMILES string of the molecule is CNC1CCN(S(=O)(=O)c2cc(Br)cc(C#N)c2)CC1.Cl. The summed E-state index contributed by atoms with van der Waals surface area (Å²) in [5.41, 5.74) is 0.336. The van der Waals surface area contributed by atoms with Crippen LogP contribution in [0.1, 0.15) is 18.4 Å². The van der Waals surface area contributed by atoms with Gasteiger partial charge in [-0.25, -0.2) is 8.42 Å². The first kappa shape index (κ1) is 18.4. The van der Waals surface area contributed by atoms with Crippen molar-refractivity contribution in [2.45, 2.75) is 23.8 Å². The Kier molecular flexibility index (Phi) is 6.63. The van der Waals surface area contributed by atoms with Gasteiger partial charge in [-0.2, -0.15) is 9.57 Å². The van der Waals surface area contributed by atoms with E-state index in [2.05, 4.69) is 21.2 Å². The van der Waals surface area contributed by atoms with Crippen molar-refractivity contribution < 1.29 is 8.42 Å². The predicted octanol–water partition coefficient (Wildman–Crippen LogP) is 2.12. The number of nitrogens with zero attached hydrogens (tertiary/aromatic N) is 2. The molecule has 1 aliphatic rings. The van der Waals surface area contributed by atoms with Crippen LogP contribution in [-0.4, -0.2) is 38.9 Å². The Hall–Kier alpha value is -0.650. The van der Waals surface area contributed by atoms with Crippen molar-refractivity contribution in [1.29, 1.82) is 5.26 Å².